The number of rotatable bonds is 2. The third-order valence-electron chi connectivity index (χ3n) is 2.76. The number of anilines is 1. The Morgan fingerprint density at radius 3 is 2.20 bits per heavy atom. The van der Waals surface area contributed by atoms with E-state index in [1.165, 1.54) is 12.1 Å². The van der Waals surface area contributed by atoms with E-state index in [1.807, 2.05) is 12.1 Å². The van der Waals surface area contributed by atoms with Crippen molar-refractivity contribution >= 4 is 18.3 Å². The van der Waals surface area contributed by atoms with Gasteiger partial charge in [-0.15, -0.1) is 0 Å². The summed E-state index contributed by atoms with van der Waals surface area (Å²) in [6.07, 6.45) is 0. The summed E-state index contributed by atoms with van der Waals surface area (Å²) in [5, 5.41) is 0. The maximum Gasteiger partial charge on any atom is 0.123 e. The quantitative estimate of drug-likeness (QED) is 0.769. The van der Waals surface area contributed by atoms with Crippen molar-refractivity contribution in [2.75, 3.05) is 37.0 Å². The van der Waals surface area contributed by atoms with E-state index in [4.69, 9.17) is 0 Å². The molecular weight excluding hydrogens is 211 g/mol. The summed E-state index contributed by atoms with van der Waals surface area (Å²) < 4.78 is 12.7. The van der Waals surface area contributed by atoms with Gasteiger partial charge in [0.2, 0.25) is 0 Å². The normalized spacial score (nSPS) is 18.1. The van der Waals surface area contributed by atoms with Crippen LogP contribution in [0.1, 0.15) is 0 Å². The molecule has 2 nitrogen and oxygen atoms in total. The van der Waals surface area contributed by atoms with Crippen molar-refractivity contribution in [1.82, 2.24) is 4.90 Å². The highest BCUT2D eigenvalue weighted by atomic mass is 32.1. The van der Waals surface area contributed by atoms with Gasteiger partial charge in [0.1, 0.15) is 5.82 Å². The molecule has 1 saturated heterocycles. The number of hydrogen-bond acceptors (Lipinski definition) is 3. The Hall–Kier alpha value is -0.740. The van der Waals surface area contributed by atoms with Crippen LogP contribution in [0.2, 0.25) is 0 Å². The predicted octanol–water partition coefficient (Wildman–Crippen LogP) is 1.83. The average molecular weight is 226 g/mol. The van der Waals surface area contributed by atoms with Gasteiger partial charge >= 0.3 is 0 Å². The molecule has 1 heterocycles. The first-order valence-corrected chi connectivity index (χ1v) is 5.76. The van der Waals surface area contributed by atoms with E-state index in [9.17, 15) is 4.39 Å². The van der Waals surface area contributed by atoms with Crippen molar-refractivity contribution in [2.24, 2.45) is 0 Å². The number of halogens is 1. The second kappa shape index (κ2) is 4.86. The largest absolute Gasteiger partial charge is 0.369 e. The maximum atomic E-state index is 12.7. The molecule has 0 saturated carbocycles. The summed E-state index contributed by atoms with van der Waals surface area (Å²) in [5.74, 6) is 0.643. The topological polar surface area (TPSA) is 6.48 Å². The van der Waals surface area contributed by atoms with Crippen molar-refractivity contribution in [1.29, 1.82) is 0 Å². The zero-order chi connectivity index (χ0) is 10.7. The van der Waals surface area contributed by atoms with E-state index in [0.717, 1.165) is 37.7 Å². The molecule has 82 valence electrons. The van der Waals surface area contributed by atoms with Crippen LogP contribution in [0.4, 0.5) is 10.1 Å². The Morgan fingerprint density at radius 2 is 1.67 bits per heavy atom. The van der Waals surface area contributed by atoms with E-state index in [1.54, 1.807) is 0 Å². The van der Waals surface area contributed by atoms with Crippen LogP contribution in [0.5, 0.6) is 0 Å². The van der Waals surface area contributed by atoms with E-state index < -0.39 is 0 Å². The fourth-order valence-electron chi connectivity index (χ4n) is 1.80. The monoisotopic (exact) mass is 226 g/mol. The lowest BCUT2D eigenvalue weighted by atomic mass is 10.2. The molecule has 0 N–H and O–H groups in total. The molecule has 1 aliphatic rings. The second-order valence-electron chi connectivity index (χ2n) is 3.72. The fraction of sp³-hybridized carbons (Fsp3) is 0.455. The first-order valence-electron chi connectivity index (χ1n) is 5.13. The molecule has 0 spiro atoms. The molecule has 1 aromatic rings. The zero-order valence-corrected chi connectivity index (χ0v) is 9.46. The Morgan fingerprint density at radius 1 is 1.07 bits per heavy atom. The Balaban J connectivity index is 1.98. The minimum absolute atomic E-state index is 0.173. The molecule has 0 bridgehead atoms. The summed E-state index contributed by atoms with van der Waals surface area (Å²) in [6.45, 7) is 4.04. The van der Waals surface area contributed by atoms with Crippen LogP contribution in [-0.4, -0.2) is 37.0 Å². The van der Waals surface area contributed by atoms with Gasteiger partial charge < -0.3 is 4.90 Å². The summed E-state index contributed by atoms with van der Waals surface area (Å²) in [6, 6.07) is 6.71. The minimum Gasteiger partial charge on any atom is -0.369 e. The number of piperazine rings is 1. The standard InChI is InChI=1S/C11H15FN2S/c12-10-1-3-11(4-2-10)14-7-5-13(9-15)6-8-14/h1-4,15H,5-9H2. The molecule has 15 heavy (non-hydrogen) atoms. The molecule has 0 atom stereocenters. The lowest BCUT2D eigenvalue weighted by Gasteiger charge is -2.35. The molecule has 0 aliphatic carbocycles. The van der Waals surface area contributed by atoms with Gasteiger partial charge in [-0.3, -0.25) is 4.90 Å². The van der Waals surface area contributed by atoms with Crippen LogP contribution < -0.4 is 4.90 Å². The number of hydrogen-bond donors (Lipinski definition) is 1. The van der Waals surface area contributed by atoms with E-state index in [0.29, 0.717) is 0 Å². The van der Waals surface area contributed by atoms with Crippen LogP contribution in [0, 0.1) is 5.82 Å². The third kappa shape index (κ3) is 2.63. The zero-order valence-electron chi connectivity index (χ0n) is 8.56. The highest BCUT2D eigenvalue weighted by Gasteiger charge is 2.15. The smallest absolute Gasteiger partial charge is 0.123 e. The molecule has 1 fully saturated rings. The Bertz CT molecular complexity index is 307. The number of benzene rings is 1. The van der Waals surface area contributed by atoms with Gasteiger partial charge in [-0.25, -0.2) is 4.39 Å². The first kappa shape index (κ1) is 10.8. The fourth-order valence-corrected chi connectivity index (χ4v) is 2.08. The maximum absolute atomic E-state index is 12.7. The summed E-state index contributed by atoms with van der Waals surface area (Å²) in [5.41, 5.74) is 1.11. The van der Waals surface area contributed by atoms with Crippen LogP contribution >= 0.6 is 12.6 Å². The van der Waals surface area contributed by atoms with Crippen LogP contribution in [-0.2, 0) is 0 Å². The van der Waals surface area contributed by atoms with Gasteiger partial charge in [0.05, 0.1) is 0 Å². The van der Waals surface area contributed by atoms with E-state index in [-0.39, 0.29) is 5.82 Å². The molecule has 2 rings (SSSR count). The lowest BCUT2D eigenvalue weighted by Crippen LogP contribution is -2.45. The first-order chi connectivity index (χ1) is 7.29. The Kier molecular flexibility index (Phi) is 3.49. The lowest BCUT2D eigenvalue weighted by molar-refractivity contribution is 0.301. The van der Waals surface area contributed by atoms with Crippen LogP contribution in [0.3, 0.4) is 0 Å². The molecule has 1 aromatic carbocycles. The minimum atomic E-state index is -0.173. The predicted molar refractivity (Wildman–Crippen MR) is 64.0 cm³/mol. The highest BCUT2D eigenvalue weighted by Crippen LogP contribution is 2.16. The summed E-state index contributed by atoms with van der Waals surface area (Å²) >= 11 is 4.25. The molecule has 0 radical (unpaired) electrons. The SMILES string of the molecule is Fc1ccc(N2CCN(CS)CC2)cc1. The van der Waals surface area contributed by atoms with Crippen molar-refractivity contribution in [3.63, 3.8) is 0 Å². The molecule has 0 unspecified atom stereocenters. The van der Waals surface area contributed by atoms with Crippen molar-refractivity contribution in [2.45, 2.75) is 0 Å². The van der Waals surface area contributed by atoms with Gasteiger partial charge in [0, 0.05) is 37.7 Å². The van der Waals surface area contributed by atoms with Crippen LogP contribution in [0.25, 0.3) is 0 Å². The van der Waals surface area contributed by atoms with Crippen molar-refractivity contribution in [3.05, 3.63) is 30.1 Å². The van der Waals surface area contributed by atoms with Gasteiger partial charge in [-0.1, -0.05) is 0 Å². The van der Waals surface area contributed by atoms with Gasteiger partial charge in [-0.05, 0) is 24.3 Å². The van der Waals surface area contributed by atoms with Gasteiger partial charge in [-0.2, -0.15) is 12.6 Å². The molecule has 4 heteroatoms. The molecule has 0 amide bonds. The molecule has 0 aromatic heterocycles. The van der Waals surface area contributed by atoms with Gasteiger partial charge in [0.15, 0.2) is 0 Å². The van der Waals surface area contributed by atoms with Gasteiger partial charge in [0.25, 0.3) is 0 Å². The van der Waals surface area contributed by atoms with Crippen LogP contribution in [0.15, 0.2) is 24.3 Å². The number of thiol groups is 1. The van der Waals surface area contributed by atoms with E-state index in [2.05, 4.69) is 22.4 Å². The summed E-state index contributed by atoms with van der Waals surface area (Å²) in [7, 11) is 0. The molecular formula is C11H15FN2S. The van der Waals surface area contributed by atoms with E-state index >= 15 is 0 Å². The Labute approximate surface area is 95.1 Å². The highest BCUT2D eigenvalue weighted by molar-refractivity contribution is 7.80. The number of nitrogens with zero attached hydrogens (tertiary/aromatic N) is 2. The average Bonchev–Trinajstić information content (AvgIpc) is 2.30. The summed E-state index contributed by atoms with van der Waals surface area (Å²) in [4.78, 5) is 4.57. The van der Waals surface area contributed by atoms with Crippen molar-refractivity contribution < 1.29 is 4.39 Å². The van der Waals surface area contributed by atoms with Crippen molar-refractivity contribution in [3.8, 4) is 0 Å². The molecule has 1 aliphatic heterocycles. The second-order valence-corrected chi connectivity index (χ2v) is 4.01. The third-order valence-corrected chi connectivity index (χ3v) is 3.16.